The van der Waals surface area contributed by atoms with Crippen molar-refractivity contribution in [2.24, 2.45) is 0 Å². The van der Waals surface area contributed by atoms with Crippen molar-refractivity contribution in [3.05, 3.63) is 58.6 Å². The van der Waals surface area contributed by atoms with Crippen molar-refractivity contribution in [1.82, 2.24) is 4.31 Å². The summed E-state index contributed by atoms with van der Waals surface area (Å²) < 4.78 is 26.7. The third-order valence-corrected chi connectivity index (χ3v) is 6.35. The molecule has 0 spiro atoms. The highest BCUT2D eigenvalue weighted by Crippen LogP contribution is 2.23. The predicted octanol–water partition coefficient (Wildman–Crippen LogP) is 3.25. The van der Waals surface area contributed by atoms with Crippen LogP contribution in [0.5, 0.6) is 0 Å². The Balaban J connectivity index is 1.82. The van der Waals surface area contributed by atoms with E-state index in [2.05, 4.69) is 5.32 Å². The van der Waals surface area contributed by atoms with Crippen molar-refractivity contribution < 1.29 is 13.2 Å². The Morgan fingerprint density at radius 2 is 1.88 bits per heavy atom. The lowest BCUT2D eigenvalue weighted by atomic mass is 10.2. The zero-order chi connectivity index (χ0) is 18.7. The van der Waals surface area contributed by atoms with Gasteiger partial charge in [0.2, 0.25) is 10.0 Å². The number of rotatable bonds is 4. The van der Waals surface area contributed by atoms with Crippen LogP contribution in [0.2, 0.25) is 5.02 Å². The molecule has 0 aliphatic carbocycles. The minimum Gasteiger partial charge on any atom is -0.322 e. The zero-order valence-corrected chi connectivity index (χ0v) is 15.3. The van der Waals surface area contributed by atoms with Crippen LogP contribution in [-0.2, 0) is 10.0 Å². The largest absolute Gasteiger partial charge is 0.322 e. The molecule has 0 bridgehead atoms. The molecule has 3 rings (SSSR count). The average molecular weight is 390 g/mol. The lowest BCUT2D eigenvalue weighted by molar-refractivity contribution is 0.102. The molecule has 2 aromatic carbocycles. The molecule has 0 saturated carbocycles. The van der Waals surface area contributed by atoms with Crippen LogP contribution in [0.1, 0.15) is 28.8 Å². The monoisotopic (exact) mass is 389 g/mol. The number of halogens is 1. The SMILES string of the molecule is N#Cc1ccc(NC(=O)c2cccc(S(=O)(=O)N3CCCC3)c2)cc1Cl. The Morgan fingerprint density at radius 1 is 1.15 bits per heavy atom. The van der Waals surface area contributed by atoms with Crippen molar-refractivity contribution in [2.75, 3.05) is 18.4 Å². The Hall–Kier alpha value is -2.40. The first-order valence-corrected chi connectivity index (χ1v) is 9.85. The lowest BCUT2D eigenvalue weighted by Gasteiger charge is -2.16. The van der Waals surface area contributed by atoms with E-state index in [4.69, 9.17) is 16.9 Å². The van der Waals surface area contributed by atoms with E-state index < -0.39 is 15.9 Å². The van der Waals surface area contributed by atoms with Crippen molar-refractivity contribution in [3.8, 4) is 6.07 Å². The maximum atomic E-state index is 12.6. The minimum atomic E-state index is -3.59. The normalized spacial score (nSPS) is 14.8. The second kappa shape index (κ2) is 7.46. The van der Waals surface area contributed by atoms with E-state index in [1.165, 1.54) is 28.6 Å². The number of carbonyl (C=O) groups excluding carboxylic acids is 1. The number of anilines is 1. The number of carbonyl (C=O) groups is 1. The molecule has 1 saturated heterocycles. The fraction of sp³-hybridized carbons (Fsp3) is 0.222. The molecular weight excluding hydrogens is 374 g/mol. The number of nitrogens with one attached hydrogen (secondary N) is 1. The van der Waals surface area contributed by atoms with E-state index in [9.17, 15) is 13.2 Å². The minimum absolute atomic E-state index is 0.102. The maximum Gasteiger partial charge on any atom is 0.255 e. The third kappa shape index (κ3) is 3.73. The van der Waals surface area contributed by atoms with E-state index in [0.717, 1.165) is 12.8 Å². The van der Waals surface area contributed by atoms with Crippen LogP contribution in [0.3, 0.4) is 0 Å². The number of amides is 1. The molecule has 1 amide bonds. The van der Waals surface area contributed by atoms with Crippen molar-refractivity contribution >= 4 is 33.2 Å². The Labute approximate surface area is 157 Å². The quantitative estimate of drug-likeness (QED) is 0.868. The van der Waals surface area contributed by atoms with Gasteiger partial charge in [-0.25, -0.2) is 8.42 Å². The van der Waals surface area contributed by atoms with Gasteiger partial charge in [0.05, 0.1) is 15.5 Å². The molecule has 6 nitrogen and oxygen atoms in total. The molecule has 1 heterocycles. The van der Waals surface area contributed by atoms with Crippen LogP contribution >= 0.6 is 11.6 Å². The van der Waals surface area contributed by atoms with Gasteiger partial charge in [0.25, 0.3) is 5.91 Å². The first-order chi connectivity index (χ1) is 12.4. The van der Waals surface area contributed by atoms with Gasteiger partial charge in [-0.1, -0.05) is 17.7 Å². The molecule has 26 heavy (non-hydrogen) atoms. The third-order valence-electron chi connectivity index (χ3n) is 4.15. The van der Waals surface area contributed by atoms with E-state index in [0.29, 0.717) is 24.3 Å². The summed E-state index contributed by atoms with van der Waals surface area (Å²) in [5, 5.41) is 11.8. The Kier molecular flexibility index (Phi) is 5.28. The summed E-state index contributed by atoms with van der Waals surface area (Å²) in [5.74, 6) is -0.454. The van der Waals surface area contributed by atoms with Gasteiger partial charge in [-0.05, 0) is 49.2 Å². The topological polar surface area (TPSA) is 90.3 Å². The fourth-order valence-corrected chi connectivity index (χ4v) is 4.55. The van der Waals surface area contributed by atoms with Crippen molar-refractivity contribution in [1.29, 1.82) is 5.26 Å². The van der Waals surface area contributed by atoms with E-state index >= 15 is 0 Å². The fourth-order valence-electron chi connectivity index (χ4n) is 2.76. The number of hydrogen-bond acceptors (Lipinski definition) is 4. The highest BCUT2D eigenvalue weighted by molar-refractivity contribution is 7.89. The summed E-state index contributed by atoms with van der Waals surface area (Å²) in [6.07, 6.45) is 1.69. The summed E-state index contributed by atoms with van der Waals surface area (Å²) >= 11 is 5.96. The Bertz CT molecular complexity index is 993. The standard InChI is InChI=1S/C18H16ClN3O3S/c19-17-11-15(7-6-14(17)12-20)21-18(23)13-4-3-5-16(10-13)26(24,25)22-8-1-2-9-22/h3-7,10-11H,1-2,8-9H2,(H,21,23). The molecule has 1 aliphatic heterocycles. The van der Waals surface area contributed by atoms with E-state index in [1.807, 2.05) is 6.07 Å². The molecule has 1 fully saturated rings. The van der Waals surface area contributed by atoms with Crippen LogP contribution in [0.4, 0.5) is 5.69 Å². The van der Waals surface area contributed by atoms with Gasteiger partial charge >= 0.3 is 0 Å². The van der Waals surface area contributed by atoms with Gasteiger partial charge < -0.3 is 5.32 Å². The molecule has 0 radical (unpaired) electrons. The number of sulfonamides is 1. The molecule has 0 unspecified atom stereocenters. The molecule has 1 N–H and O–H groups in total. The van der Waals surface area contributed by atoms with Gasteiger partial charge in [-0.3, -0.25) is 4.79 Å². The second-order valence-electron chi connectivity index (χ2n) is 5.90. The van der Waals surface area contributed by atoms with Gasteiger partial charge in [-0.15, -0.1) is 0 Å². The number of nitriles is 1. The van der Waals surface area contributed by atoms with E-state index in [1.54, 1.807) is 18.2 Å². The number of nitrogens with zero attached hydrogens (tertiary/aromatic N) is 2. The second-order valence-corrected chi connectivity index (χ2v) is 8.24. The average Bonchev–Trinajstić information content (AvgIpc) is 3.17. The highest BCUT2D eigenvalue weighted by Gasteiger charge is 2.27. The first kappa shape index (κ1) is 18.4. The summed E-state index contributed by atoms with van der Waals surface area (Å²) in [6.45, 7) is 1.00. The van der Waals surface area contributed by atoms with Crippen molar-refractivity contribution in [2.45, 2.75) is 17.7 Å². The summed E-state index contributed by atoms with van der Waals surface area (Å²) in [4.78, 5) is 12.6. The first-order valence-electron chi connectivity index (χ1n) is 8.03. The van der Waals surface area contributed by atoms with E-state index in [-0.39, 0.29) is 15.5 Å². The zero-order valence-electron chi connectivity index (χ0n) is 13.8. The highest BCUT2D eigenvalue weighted by atomic mass is 35.5. The Morgan fingerprint density at radius 3 is 2.54 bits per heavy atom. The lowest BCUT2D eigenvalue weighted by Crippen LogP contribution is -2.28. The van der Waals surface area contributed by atoms with Crippen LogP contribution < -0.4 is 5.32 Å². The smallest absolute Gasteiger partial charge is 0.255 e. The molecular formula is C18H16ClN3O3S. The molecule has 134 valence electrons. The van der Waals surface area contributed by atoms with Gasteiger partial charge in [0.1, 0.15) is 6.07 Å². The predicted molar refractivity (Wildman–Crippen MR) is 98.6 cm³/mol. The van der Waals surface area contributed by atoms with Crippen LogP contribution in [0, 0.1) is 11.3 Å². The van der Waals surface area contributed by atoms with Crippen molar-refractivity contribution in [3.63, 3.8) is 0 Å². The summed E-state index contributed by atoms with van der Waals surface area (Å²) in [7, 11) is -3.59. The number of hydrogen-bond donors (Lipinski definition) is 1. The van der Waals surface area contributed by atoms with Crippen LogP contribution in [0.15, 0.2) is 47.4 Å². The molecule has 0 atom stereocenters. The molecule has 1 aliphatic rings. The maximum absolute atomic E-state index is 12.6. The molecule has 8 heteroatoms. The van der Waals surface area contributed by atoms with Gasteiger partial charge in [-0.2, -0.15) is 9.57 Å². The van der Waals surface area contributed by atoms with Gasteiger partial charge in [0.15, 0.2) is 0 Å². The summed E-state index contributed by atoms with van der Waals surface area (Å²) in [6, 6.07) is 12.4. The summed E-state index contributed by atoms with van der Waals surface area (Å²) in [5.41, 5.74) is 0.959. The van der Waals surface area contributed by atoms with Crippen LogP contribution in [0.25, 0.3) is 0 Å². The van der Waals surface area contributed by atoms with Crippen LogP contribution in [-0.4, -0.2) is 31.7 Å². The number of benzene rings is 2. The molecule has 2 aromatic rings. The van der Waals surface area contributed by atoms with Gasteiger partial charge in [0, 0.05) is 24.3 Å². The molecule has 0 aromatic heterocycles.